The van der Waals surface area contributed by atoms with Crippen LogP contribution in [0.1, 0.15) is 18.7 Å². The Labute approximate surface area is 101 Å². The van der Waals surface area contributed by atoms with Crippen molar-refractivity contribution in [1.29, 1.82) is 0 Å². The van der Waals surface area contributed by atoms with Gasteiger partial charge in [0.25, 0.3) is 0 Å². The van der Waals surface area contributed by atoms with Gasteiger partial charge in [0.1, 0.15) is 0 Å². The van der Waals surface area contributed by atoms with Crippen molar-refractivity contribution in [2.75, 3.05) is 20.1 Å². The molecule has 0 bridgehead atoms. The largest absolute Gasteiger partial charge is 0.315 e. The Kier molecular flexibility index (Phi) is 5.61. The van der Waals surface area contributed by atoms with Gasteiger partial charge in [0.15, 0.2) is 0 Å². The van der Waals surface area contributed by atoms with E-state index in [0.717, 1.165) is 24.0 Å². The average Bonchev–Trinajstić information content (AvgIpc) is 2.60. The zero-order valence-corrected chi connectivity index (χ0v) is 11.2. The third-order valence-corrected chi connectivity index (χ3v) is 3.69. The fourth-order valence-electron chi connectivity index (χ4n) is 1.35. The van der Waals surface area contributed by atoms with Gasteiger partial charge in [-0.15, -0.1) is 11.3 Å². The molecule has 1 aromatic rings. The first kappa shape index (κ1) is 13.0. The van der Waals surface area contributed by atoms with Crippen LogP contribution in [0.3, 0.4) is 0 Å². The van der Waals surface area contributed by atoms with Crippen molar-refractivity contribution in [3.63, 3.8) is 0 Å². The summed E-state index contributed by atoms with van der Waals surface area (Å²) >= 11 is 7.56. The molecule has 15 heavy (non-hydrogen) atoms. The molecule has 1 heterocycles. The normalized spacial score (nSPS) is 13.4. The highest BCUT2D eigenvalue weighted by molar-refractivity contribution is 7.16. The van der Waals surface area contributed by atoms with E-state index in [0.29, 0.717) is 6.04 Å². The summed E-state index contributed by atoms with van der Waals surface area (Å²) in [6.07, 6.45) is 0. The van der Waals surface area contributed by atoms with Crippen LogP contribution in [-0.4, -0.2) is 31.1 Å². The summed E-state index contributed by atoms with van der Waals surface area (Å²) in [5.74, 6) is 0. The fraction of sp³-hybridized carbons (Fsp3) is 0.636. The summed E-state index contributed by atoms with van der Waals surface area (Å²) in [4.78, 5) is 3.66. The molecular weight excluding hydrogens is 228 g/mol. The van der Waals surface area contributed by atoms with Gasteiger partial charge >= 0.3 is 0 Å². The number of rotatable bonds is 6. The molecule has 2 nitrogen and oxygen atoms in total. The monoisotopic (exact) mass is 246 g/mol. The third kappa shape index (κ3) is 4.51. The van der Waals surface area contributed by atoms with E-state index in [2.05, 4.69) is 37.2 Å². The van der Waals surface area contributed by atoms with Crippen LogP contribution >= 0.6 is 22.9 Å². The minimum atomic E-state index is 0.547. The van der Waals surface area contributed by atoms with Crippen molar-refractivity contribution in [3.05, 3.63) is 21.3 Å². The summed E-state index contributed by atoms with van der Waals surface area (Å²) in [5, 5.41) is 3.36. The standard InChI is InChI=1S/C11H19ClN2S/c1-4-13-7-9(2)14(3)8-10-5-6-11(12)15-10/h5-6,9,13H,4,7-8H2,1-3H3. The van der Waals surface area contributed by atoms with Crippen LogP contribution < -0.4 is 5.32 Å². The molecule has 0 spiro atoms. The van der Waals surface area contributed by atoms with Gasteiger partial charge < -0.3 is 5.32 Å². The predicted molar refractivity (Wildman–Crippen MR) is 68.8 cm³/mol. The number of likely N-dealkylation sites (N-methyl/N-ethyl adjacent to an activating group) is 2. The van der Waals surface area contributed by atoms with Gasteiger partial charge in [-0.25, -0.2) is 0 Å². The van der Waals surface area contributed by atoms with E-state index in [4.69, 9.17) is 11.6 Å². The summed E-state index contributed by atoms with van der Waals surface area (Å²) in [6, 6.07) is 4.61. The summed E-state index contributed by atoms with van der Waals surface area (Å²) in [6.45, 7) is 7.41. The molecule has 0 amide bonds. The summed E-state index contributed by atoms with van der Waals surface area (Å²) in [7, 11) is 2.15. The highest BCUT2D eigenvalue weighted by atomic mass is 35.5. The Bertz CT molecular complexity index is 288. The lowest BCUT2D eigenvalue weighted by molar-refractivity contribution is 0.246. The maximum Gasteiger partial charge on any atom is 0.0931 e. The lowest BCUT2D eigenvalue weighted by Gasteiger charge is -2.24. The number of thiophene rings is 1. The molecule has 1 atom stereocenters. The molecule has 1 rings (SSSR count). The van der Waals surface area contributed by atoms with Gasteiger partial charge in [0.2, 0.25) is 0 Å². The van der Waals surface area contributed by atoms with Crippen molar-refractivity contribution in [2.45, 2.75) is 26.4 Å². The quantitative estimate of drug-likeness (QED) is 0.831. The first-order valence-corrected chi connectivity index (χ1v) is 6.48. The Morgan fingerprint density at radius 3 is 2.80 bits per heavy atom. The van der Waals surface area contributed by atoms with E-state index >= 15 is 0 Å². The highest BCUT2D eigenvalue weighted by Gasteiger charge is 2.09. The number of halogens is 1. The van der Waals surface area contributed by atoms with Crippen LogP contribution in [0.2, 0.25) is 4.34 Å². The zero-order valence-electron chi connectivity index (χ0n) is 9.59. The molecule has 4 heteroatoms. The Morgan fingerprint density at radius 2 is 2.27 bits per heavy atom. The van der Waals surface area contributed by atoms with Crippen molar-refractivity contribution < 1.29 is 0 Å². The first-order valence-electron chi connectivity index (χ1n) is 5.28. The maximum absolute atomic E-state index is 5.89. The molecular formula is C11H19ClN2S. The van der Waals surface area contributed by atoms with Crippen LogP contribution in [0, 0.1) is 0 Å². The molecule has 0 aliphatic heterocycles. The Balaban J connectivity index is 2.37. The van der Waals surface area contributed by atoms with Gasteiger partial charge in [0.05, 0.1) is 4.34 Å². The van der Waals surface area contributed by atoms with Gasteiger partial charge in [-0.3, -0.25) is 4.90 Å². The Hall–Kier alpha value is -0.0900. The topological polar surface area (TPSA) is 15.3 Å². The highest BCUT2D eigenvalue weighted by Crippen LogP contribution is 2.22. The van der Waals surface area contributed by atoms with E-state index in [1.807, 2.05) is 6.07 Å². The maximum atomic E-state index is 5.89. The molecule has 1 N–H and O–H groups in total. The molecule has 0 saturated carbocycles. The van der Waals surface area contributed by atoms with Crippen LogP contribution in [0.15, 0.2) is 12.1 Å². The minimum absolute atomic E-state index is 0.547. The number of nitrogens with one attached hydrogen (secondary N) is 1. The molecule has 86 valence electrons. The molecule has 0 radical (unpaired) electrons. The predicted octanol–water partition coefficient (Wildman–Crippen LogP) is 2.83. The van der Waals surface area contributed by atoms with Crippen LogP contribution in [0.5, 0.6) is 0 Å². The molecule has 0 saturated heterocycles. The van der Waals surface area contributed by atoms with Crippen molar-refractivity contribution in [3.8, 4) is 0 Å². The van der Waals surface area contributed by atoms with E-state index in [1.165, 1.54) is 4.88 Å². The molecule has 0 aromatic carbocycles. The van der Waals surface area contributed by atoms with Crippen LogP contribution in [-0.2, 0) is 6.54 Å². The van der Waals surface area contributed by atoms with E-state index in [9.17, 15) is 0 Å². The van der Waals surface area contributed by atoms with Gasteiger partial charge in [0, 0.05) is 24.0 Å². The second kappa shape index (κ2) is 6.48. The molecule has 0 aliphatic carbocycles. The fourth-order valence-corrected chi connectivity index (χ4v) is 2.50. The molecule has 0 fully saturated rings. The van der Waals surface area contributed by atoms with Crippen LogP contribution in [0.25, 0.3) is 0 Å². The van der Waals surface area contributed by atoms with E-state index in [1.54, 1.807) is 11.3 Å². The second-order valence-electron chi connectivity index (χ2n) is 3.78. The smallest absolute Gasteiger partial charge is 0.0931 e. The number of hydrogen-bond donors (Lipinski definition) is 1. The number of hydrogen-bond acceptors (Lipinski definition) is 3. The van der Waals surface area contributed by atoms with Crippen LogP contribution in [0.4, 0.5) is 0 Å². The van der Waals surface area contributed by atoms with E-state index in [-0.39, 0.29) is 0 Å². The first-order chi connectivity index (χ1) is 7.13. The van der Waals surface area contributed by atoms with Gasteiger partial charge in [-0.2, -0.15) is 0 Å². The van der Waals surface area contributed by atoms with Gasteiger partial charge in [-0.1, -0.05) is 18.5 Å². The summed E-state index contributed by atoms with van der Waals surface area (Å²) < 4.78 is 0.873. The molecule has 1 aromatic heterocycles. The van der Waals surface area contributed by atoms with Crippen molar-refractivity contribution in [2.24, 2.45) is 0 Å². The summed E-state index contributed by atoms with van der Waals surface area (Å²) in [5.41, 5.74) is 0. The van der Waals surface area contributed by atoms with Gasteiger partial charge in [-0.05, 0) is 32.6 Å². The lowest BCUT2D eigenvalue weighted by atomic mass is 10.3. The van der Waals surface area contributed by atoms with Crippen molar-refractivity contribution in [1.82, 2.24) is 10.2 Å². The second-order valence-corrected chi connectivity index (χ2v) is 5.58. The molecule has 1 unspecified atom stereocenters. The minimum Gasteiger partial charge on any atom is -0.315 e. The third-order valence-electron chi connectivity index (χ3n) is 2.48. The number of nitrogens with zero attached hydrogens (tertiary/aromatic N) is 1. The molecule has 0 aliphatic rings. The van der Waals surface area contributed by atoms with Crippen molar-refractivity contribution >= 4 is 22.9 Å². The average molecular weight is 247 g/mol. The Morgan fingerprint density at radius 1 is 1.53 bits per heavy atom. The SMILES string of the molecule is CCNCC(C)N(C)Cc1ccc(Cl)s1. The van der Waals surface area contributed by atoms with E-state index < -0.39 is 0 Å². The lowest BCUT2D eigenvalue weighted by Crippen LogP contribution is -2.37. The zero-order chi connectivity index (χ0) is 11.3.